The van der Waals surface area contributed by atoms with E-state index in [-0.39, 0.29) is 16.8 Å². The Hall–Kier alpha value is -2.10. The molecule has 0 saturated carbocycles. The van der Waals surface area contributed by atoms with Gasteiger partial charge in [0.05, 0.1) is 5.52 Å². The topological polar surface area (TPSA) is 76.2 Å². The Kier molecular flexibility index (Phi) is 2.73. The van der Waals surface area contributed by atoms with E-state index in [4.69, 9.17) is 10.8 Å². The summed E-state index contributed by atoms with van der Waals surface area (Å²) in [6.45, 7) is 6.32. The number of pyridine rings is 1. The quantitative estimate of drug-likeness (QED) is 0.808. The minimum Gasteiger partial charge on any atom is -0.478 e. The summed E-state index contributed by atoms with van der Waals surface area (Å²) in [5.74, 6) is -0.999. The molecule has 4 nitrogen and oxygen atoms in total. The molecule has 0 saturated heterocycles. The first-order valence-electron chi connectivity index (χ1n) is 5.73. The SMILES string of the molecule is CC(C)(C)c1ccc2nc(N)c(C(=O)O)cc2c1. The maximum Gasteiger partial charge on any atom is 0.339 e. The smallest absolute Gasteiger partial charge is 0.339 e. The highest BCUT2D eigenvalue weighted by atomic mass is 16.4. The number of carboxylic acid groups (broad SMARTS) is 1. The van der Waals surface area contributed by atoms with Crippen LogP contribution in [0.1, 0.15) is 36.7 Å². The van der Waals surface area contributed by atoms with E-state index in [0.29, 0.717) is 5.52 Å². The van der Waals surface area contributed by atoms with Gasteiger partial charge in [-0.2, -0.15) is 0 Å². The molecule has 94 valence electrons. The van der Waals surface area contributed by atoms with E-state index in [9.17, 15) is 4.79 Å². The zero-order valence-electron chi connectivity index (χ0n) is 10.7. The predicted molar refractivity (Wildman–Crippen MR) is 71.8 cm³/mol. The van der Waals surface area contributed by atoms with Crippen LogP contribution in [0.4, 0.5) is 5.82 Å². The molecule has 1 aromatic carbocycles. The molecule has 0 amide bonds. The fraction of sp³-hybridized carbons (Fsp3) is 0.286. The van der Waals surface area contributed by atoms with Crippen molar-refractivity contribution in [2.24, 2.45) is 0 Å². The second kappa shape index (κ2) is 3.98. The molecule has 4 heteroatoms. The van der Waals surface area contributed by atoms with Crippen molar-refractivity contribution < 1.29 is 9.90 Å². The minimum absolute atomic E-state index is 0.0129. The Bertz CT molecular complexity index is 627. The number of carbonyl (C=O) groups is 1. The van der Waals surface area contributed by atoms with Gasteiger partial charge in [0.2, 0.25) is 0 Å². The summed E-state index contributed by atoms with van der Waals surface area (Å²) in [7, 11) is 0. The summed E-state index contributed by atoms with van der Waals surface area (Å²) < 4.78 is 0. The van der Waals surface area contributed by atoms with Crippen LogP contribution in [0, 0.1) is 0 Å². The van der Waals surface area contributed by atoms with Crippen molar-refractivity contribution in [3.63, 3.8) is 0 Å². The van der Waals surface area contributed by atoms with Crippen LogP contribution in [-0.4, -0.2) is 16.1 Å². The Labute approximate surface area is 105 Å². The number of anilines is 1. The van der Waals surface area contributed by atoms with Crippen LogP contribution < -0.4 is 5.73 Å². The molecule has 18 heavy (non-hydrogen) atoms. The molecule has 0 bridgehead atoms. The van der Waals surface area contributed by atoms with Crippen LogP contribution in [0.5, 0.6) is 0 Å². The maximum atomic E-state index is 11.0. The first-order chi connectivity index (χ1) is 8.29. The van der Waals surface area contributed by atoms with Crippen molar-refractivity contribution in [3.8, 4) is 0 Å². The molecule has 0 atom stereocenters. The van der Waals surface area contributed by atoms with E-state index >= 15 is 0 Å². The molecular weight excluding hydrogens is 228 g/mol. The van der Waals surface area contributed by atoms with Crippen molar-refractivity contribution in [2.45, 2.75) is 26.2 Å². The molecule has 0 fully saturated rings. The molecule has 0 aliphatic rings. The molecule has 1 heterocycles. The second-order valence-electron chi connectivity index (χ2n) is 5.38. The zero-order valence-corrected chi connectivity index (χ0v) is 10.7. The van der Waals surface area contributed by atoms with Crippen LogP contribution in [0.15, 0.2) is 24.3 Å². The number of hydrogen-bond acceptors (Lipinski definition) is 3. The highest BCUT2D eigenvalue weighted by molar-refractivity contribution is 5.97. The number of nitrogen functional groups attached to an aromatic ring is 1. The summed E-state index contributed by atoms with van der Waals surface area (Å²) >= 11 is 0. The van der Waals surface area contributed by atoms with Crippen LogP contribution in [-0.2, 0) is 5.41 Å². The molecule has 2 rings (SSSR count). The summed E-state index contributed by atoms with van der Waals surface area (Å²) in [6, 6.07) is 7.41. The molecular formula is C14H16N2O2. The van der Waals surface area contributed by atoms with E-state index < -0.39 is 5.97 Å². The Morgan fingerprint density at radius 3 is 2.50 bits per heavy atom. The lowest BCUT2D eigenvalue weighted by molar-refractivity contribution is 0.0698. The maximum absolute atomic E-state index is 11.0. The summed E-state index contributed by atoms with van der Waals surface area (Å²) in [4.78, 5) is 15.1. The minimum atomic E-state index is -1.05. The van der Waals surface area contributed by atoms with Gasteiger partial charge in [0.1, 0.15) is 11.4 Å². The number of rotatable bonds is 1. The van der Waals surface area contributed by atoms with Gasteiger partial charge >= 0.3 is 5.97 Å². The van der Waals surface area contributed by atoms with Crippen molar-refractivity contribution in [1.82, 2.24) is 4.98 Å². The summed E-state index contributed by atoms with van der Waals surface area (Å²) in [5, 5.41) is 9.83. The largest absolute Gasteiger partial charge is 0.478 e. The van der Waals surface area contributed by atoms with Gasteiger partial charge in [-0.1, -0.05) is 26.8 Å². The molecule has 2 aromatic rings. The monoisotopic (exact) mass is 244 g/mol. The molecule has 0 spiro atoms. The van der Waals surface area contributed by atoms with Crippen LogP contribution >= 0.6 is 0 Å². The fourth-order valence-electron chi connectivity index (χ4n) is 1.83. The van der Waals surface area contributed by atoms with Crippen molar-refractivity contribution >= 4 is 22.7 Å². The fourth-order valence-corrected chi connectivity index (χ4v) is 1.83. The Morgan fingerprint density at radius 1 is 1.28 bits per heavy atom. The third kappa shape index (κ3) is 2.14. The number of carboxylic acids is 1. The Morgan fingerprint density at radius 2 is 1.94 bits per heavy atom. The summed E-state index contributed by atoms with van der Waals surface area (Å²) in [5.41, 5.74) is 7.53. The van der Waals surface area contributed by atoms with Gasteiger partial charge in [-0.05, 0) is 29.2 Å². The van der Waals surface area contributed by atoms with E-state index in [1.807, 2.05) is 18.2 Å². The van der Waals surface area contributed by atoms with E-state index in [1.54, 1.807) is 6.07 Å². The van der Waals surface area contributed by atoms with E-state index in [0.717, 1.165) is 10.9 Å². The molecule has 0 aliphatic heterocycles. The van der Waals surface area contributed by atoms with Crippen molar-refractivity contribution in [3.05, 3.63) is 35.4 Å². The van der Waals surface area contributed by atoms with Gasteiger partial charge in [0.25, 0.3) is 0 Å². The number of aromatic nitrogens is 1. The van der Waals surface area contributed by atoms with Crippen LogP contribution in [0.2, 0.25) is 0 Å². The van der Waals surface area contributed by atoms with Crippen LogP contribution in [0.3, 0.4) is 0 Å². The molecule has 0 unspecified atom stereocenters. The number of nitrogens with zero attached hydrogens (tertiary/aromatic N) is 1. The number of benzene rings is 1. The molecule has 1 aromatic heterocycles. The third-order valence-electron chi connectivity index (χ3n) is 2.94. The van der Waals surface area contributed by atoms with E-state index in [1.165, 1.54) is 0 Å². The molecule has 0 aliphatic carbocycles. The standard InChI is InChI=1S/C14H16N2O2/c1-14(2,3)9-4-5-11-8(6-9)7-10(13(17)18)12(15)16-11/h4-7H,1-3H3,(H2,15,16)(H,17,18). The zero-order chi connectivity index (χ0) is 13.5. The van der Waals surface area contributed by atoms with Gasteiger partial charge in [-0.15, -0.1) is 0 Å². The predicted octanol–water partition coefficient (Wildman–Crippen LogP) is 2.81. The van der Waals surface area contributed by atoms with Gasteiger partial charge in [-0.3, -0.25) is 0 Å². The first-order valence-corrected chi connectivity index (χ1v) is 5.73. The van der Waals surface area contributed by atoms with E-state index in [2.05, 4.69) is 25.8 Å². The third-order valence-corrected chi connectivity index (χ3v) is 2.94. The highest BCUT2D eigenvalue weighted by Gasteiger charge is 2.16. The normalized spacial score (nSPS) is 11.7. The lowest BCUT2D eigenvalue weighted by atomic mass is 9.86. The average molecular weight is 244 g/mol. The van der Waals surface area contributed by atoms with Gasteiger partial charge in [-0.25, -0.2) is 9.78 Å². The summed E-state index contributed by atoms with van der Waals surface area (Å²) in [6.07, 6.45) is 0. The Balaban J connectivity index is 2.69. The molecule has 3 N–H and O–H groups in total. The highest BCUT2D eigenvalue weighted by Crippen LogP contribution is 2.27. The second-order valence-corrected chi connectivity index (χ2v) is 5.38. The van der Waals surface area contributed by atoms with Crippen molar-refractivity contribution in [2.75, 3.05) is 5.73 Å². The number of hydrogen-bond donors (Lipinski definition) is 2. The van der Waals surface area contributed by atoms with Gasteiger partial charge in [0, 0.05) is 5.39 Å². The van der Waals surface area contributed by atoms with Crippen molar-refractivity contribution in [1.29, 1.82) is 0 Å². The number of nitrogens with two attached hydrogens (primary N) is 1. The first kappa shape index (κ1) is 12.4. The van der Waals surface area contributed by atoms with Gasteiger partial charge < -0.3 is 10.8 Å². The lowest BCUT2D eigenvalue weighted by Crippen LogP contribution is -2.11. The van der Waals surface area contributed by atoms with Crippen LogP contribution in [0.25, 0.3) is 10.9 Å². The lowest BCUT2D eigenvalue weighted by Gasteiger charge is -2.19. The molecule has 0 radical (unpaired) electrons. The number of fused-ring (bicyclic) bond motifs is 1. The number of aromatic carboxylic acids is 1. The average Bonchev–Trinajstić information content (AvgIpc) is 2.25. The van der Waals surface area contributed by atoms with Gasteiger partial charge in [0.15, 0.2) is 0 Å².